The van der Waals surface area contributed by atoms with Gasteiger partial charge in [0, 0.05) is 10.9 Å². The minimum Gasteiger partial charge on any atom is -0.277 e. The fourth-order valence-electron chi connectivity index (χ4n) is 0.458. The van der Waals surface area contributed by atoms with E-state index in [1.807, 2.05) is 0 Å². The summed E-state index contributed by atoms with van der Waals surface area (Å²) in [5.74, 6) is -0.462. The molecule has 0 aromatic carbocycles. The Morgan fingerprint density at radius 2 is 2.56 bits per heavy atom. The quantitative estimate of drug-likeness (QED) is 0.434. The Hall–Kier alpha value is -1.14. The third kappa shape index (κ3) is 1.15. The summed E-state index contributed by atoms with van der Waals surface area (Å²) in [7, 11) is 0. The Balaban J connectivity index is 2.93. The second kappa shape index (κ2) is 2.42. The topological polar surface area (TPSA) is 40.9 Å². The van der Waals surface area contributed by atoms with Crippen LogP contribution in [-0.2, 0) is 0 Å². The molecule has 0 N–H and O–H groups in total. The van der Waals surface area contributed by atoms with Crippen LogP contribution in [0.3, 0.4) is 0 Å². The molecule has 0 aliphatic carbocycles. The molecule has 0 saturated heterocycles. The first-order valence-corrected chi connectivity index (χ1v) is 3.25. The summed E-state index contributed by atoms with van der Waals surface area (Å²) in [5.41, 5.74) is 0.488. The molecular formula is C6H3NOS. The van der Waals surface area contributed by atoms with E-state index in [1.165, 1.54) is 17.4 Å². The van der Waals surface area contributed by atoms with E-state index in [0.717, 1.165) is 0 Å². The zero-order valence-electron chi connectivity index (χ0n) is 4.50. The summed E-state index contributed by atoms with van der Waals surface area (Å²) >= 11 is 1.41. The fraction of sp³-hybridized carbons (Fsp3) is 0. The van der Waals surface area contributed by atoms with Crippen molar-refractivity contribution >= 4 is 17.1 Å². The van der Waals surface area contributed by atoms with Gasteiger partial charge in [-0.25, -0.2) is 0 Å². The molecule has 9 heavy (non-hydrogen) atoms. The summed E-state index contributed by atoms with van der Waals surface area (Å²) in [6, 6.07) is 3.17. The van der Waals surface area contributed by atoms with Crippen LogP contribution in [-0.4, -0.2) is 5.78 Å². The number of nitrogens with zero attached hydrogens (tertiary/aromatic N) is 1. The van der Waals surface area contributed by atoms with Crippen molar-refractivity contribution in [2.24, 2.45) is 0 Å². The lowest BCUT2D eigenvalue weighted by atomic mass is 10.2. The lowest BCUT2D eigenvalue weighted by Crippen LogP contribution is -1.89. The van der Waals surface area contributed by atoms with Crippen LogP contribution in [0.5, 0.6) is 0 Å². The van der Waals surface area contributed by atoms with Gasteiger partial charge in [-0.1, -0.05) is 0 Å². The third-order valence-corrected chi connectivity index (χ3v) is 1.57. The summed E-state index contributed by atoms with van der Waals surface area (Å²) in [6.45, 7) is 0. The summed E-state index contributed by atoms with van der Waals surface area (Å²) in [5, 5.41) is 11.5. The van der Waals surface area contributed by atoms with Crippen molar-refractivity contribution in [3.05, 3.63) is 22.4 Å². The van der Waals surface area contributed by atoms with Crippen LogP contribution in [0.15, 0.2) is 16.8 Å². The minimum atomic E-state index is -0.462. The Bertz CT molecular complexity index is 245. The van der Waals surface area contributed by atoms with Gasteiger partial charge >= 0.3 is 0 Å². The molecule has 0 atom stereocenters. The first-order valence-electron chi connectivity index (χ1n) is 2.31. The van der Waals surface area contributed by atoms with Gasteiger partial charge in [-0.15, -0.1) is 0 Å². The van der Waals surface area contributed by atoms with Crippen LogP contribution in [0.25, 0.3) is 0 Å². The van der Waals surface area contributed by atoms with Gasteiger partial charge in [-0.3, -0.25) is 4.79 Å². The molecule has 0 aliphatic heterocycles. The normalized spacial score (nSPS) is 8.33. The van der Waals surface area contributed by atoms with E-state index in [0.29, 0.717) is 5.56 Å². The molecule has 1 aromatic rings. The Morgan fingerprint density at radius 3 is 3.00 bits per heavy atom. The van der Waals surface area contributed by atoms with Crippen molar-refractivity contribution < 1.29 is 4.79 Å². The molecule has 44 valence electrons. The molecule has 3 heteroatoms. The lowest BCUT2D eigenvalue weighted by molar-refractivity contribution is 0.105. The van der Waals surface area contributed by atoms with Crippen molar-refractivity contribution in [3.8, 4) is 6.07 Å². The monoisotopic (exact) mass is 137 g/mol. The number of hydrogen-bond acceptors (Lipinski definition) is 3. The zero-order valence-corrected chi connectivity index (χ0v) is 5.31. The smallest absolute Gasteiger partial charge is 0.263 e. The molecule has 1 rings (SSSR count). The van der Waals surface area contributed by atoms with Gasteiger partial charge in [-0.2, -0.15) is 16.6 Å². The second-order valence-corrected chi connectivity index (χ2v) is 2.23. The molecule has 0 fully saturated rings. The number of carbonyl (C=O) groups excluding carboxylic acids is 1. The number of carbonyl (C=O) groups is 1. The highest BCUT2D eigenvalue weighted by molar-refractivity contribution is 7.08. The average molecular weight is 137 g/mol. The van der Waals surface area contributed by atoms with E-state index in [2.05, 4.69) is 0 Å². The SMILES string of the molecule is N#CC(=O)c1ccsc1. The largest absolute Gasteiger partial charge is 0.277 e. The average Bonchev–Trinajstić information content (AvgIpc) is 2.37. The van der Waals surface area contributed by atoms with Crippen LogP contribution in [0.2, 0.25) is 0 Å². The van der Waals surface area contributed by atoms with Crippen molar-refractivity contribution in [3.63, 3.8) is 0 Å². The van der Waals surface area contributed by atoms with E-state index in [1.54, 1.807) is 16.8 Å². The highest BCUT2D eigenvalue weighted by Crippen LogP contribution is 2.05. The highest BCUT2D eigenvalue weighted by Gasteiger charge is 2.01. The number of thiophene rings is 1. The number of nitriles is 1. The van der Waals surface area contributed by atoms with Crippen LogP contribution in [0.4, 0.5) is 0 Å². The molecule has 0 unspecified atom stereocenters. The molecular weight excluding hydrogens is 134 g/mol. The predicted octanol–water partition coefficient (Wildman–Crippen LogP) is 1.45. The first-order chi connectivity index (χ1) is 4.34. The number of Topliss-reactive ketones (excluding diaryl/α,β-unsaturated/α-hetero) is 1. The molecule has 2 nitrogen and oxygen atoms in total. The number of hydrogen-bond donors (Lipinski definition) is 0. The Labute approximate surface area is 56.4 Å². The van der Waals surface area contributed by atoms with Crippen molar-refractivity contribution in [1.82, 2.24) is 0 Å². The summed E-state index contributed by atoms with van der Waals surface area (Å²) in [4.78, 5) is 10.5. The van der Waals surface area contributed by atoms with Crippen molar-refractivity contribution in [1.29, 1.82) is 5.26 Å². The standard InChI is InChI=1S/C6H3NOS/c7-3-6(8)5-1-2-9-4-5/h1-2,4H. The van der Waals surface area contributed by atoms with E-state index in [-0.39, 0.29) is 0 Å². The maximum Gasteiger partial charge on any atom is 0.263 e. The maximum absolute atomic E-state index is 10.5. The highest BCUT2D eigenvalue weighted by atomic mass is 32.1. The van der Waals surface area contributed by atoms with Gasteiger partial charge < -0.3 is 0 Å². The Kier molecular flexibility index (Phi) is 1.61. The molecule has 0 aliphatic rings. The van der Waals surface area contributed by atoms with Gasteiger partial charge in [0.1, 0.15) is 6.07 Å². The van der Waals surface area contributed by atoms with Crippen molar-refractivity contribution in [2.75, 3.05) is 0 Å². The maximum atomic E-state index is 10.5. The fourth-order valence-corrected chi connectivity index (χ4v) is 1.09. The Morgan fingerprint density at radius 1 is 1.78 bits per heavy atom. The molecule has 0 bridgehead atoms. The molecule has 1 heterocycles. The van der Waals surface area contributed by atoms with E-state index in [4.69, 9.17) is 5.26 Å². The summed E-state index contributed by atoms with van der Waals surface area (Å²) < 4.78 is 0. The zero-order chi connectivity index (χ0) is 6.69. The van der Waals surface area contributed by atoms with Crippen LogP contribution < -0.4 is 0 Å². The summed E-state index contributed by atoms with van der Waals surface area (Å²) in [6.07, 6.45) is 0. The van der Waals surface area contributed by atoms with E-state index < -0.39 is 5.78 Å². The third-order valence-electron chi connectivity index (χ3n) is 0.885. The number of rotatable bonds is 1. The van der Waals surface area contributed by atoms with E-state index >= 15 is 0 Å². The molecule has 0 spiro atoms. The molecule has 0 amide bonds. The van der Waals surface area contributed by atoms with Gasteiger partial charge in [0.25, 0.3) is 5.78 Å². The van der Waals surface area contributed by atoms with E-state index in [9.17, 15) is 4.79 Å². The first kappa shape index (κ1) is 5.99. The van der Waals surface area contributed by atoms with Crippen LogP contribution >= 0.6 is 11.3 Å². The van der Waals surface area contributed by atoms with Crippen LogP contribution in [0, 0.1) is 11.3 Å². The second-order valence-electron chi connectivity index (χ2n) is 1.45. The van der Waals surface area contributed by atoms with Gasteiger partial charge in [0.2, 0.25) is 0 Å². The number of ketones is 1. The van der Waals surface area contributed by atoms with Crippen LogP contribution in [0.1, 0.15) is 10.4 Å². The minimum absolute atomic E-state index is 0.462. The predicted molar refractivity (Wildman–Crippen MR) is 34.3 cm³/mol. The lowest BCUT2D eigenvalue weighted by Gasteiger charge is -1.76. The molecule has 0 saturated carbocycles. The molecule has 1 aromatic heterocycles. The molecule has 0 radical (unpaired) electrons. The van der Waals surface area contributed by atoms with Gasteiger partial charge in [0.05, 0.1) is 0 Å². The van der Waals surface area contributed by atoms with Gasteiger partial charge in [-0.05, 0) is 11.4 Å². The van der Waals surface area contributed by atoms with Crippen molar-refractivity contribution in [2.45, 2.75) is 0 Å². The van der Waals surface area contributed by atoms with Gasteiger partial charge in [0.15, 0.2) is 0 Å².